The molecule has 4 rings (SSSR count). The fourth-order valence-corrected chi connectivity index (χ4v) is 3.93. The molecule has 4 nitrogen and oxygen atoms in total. The molecule has 0 saturated carbocycles. The summed E-state index contributed by atoms with van der Waals surface area (Å²) in [6.07, 6.45) is 1.09. The van der Waals surface area contributed by atoms with Gasteiger partial charge < -0.3 is 9.15 Å². The van der Waals surface area contributed by atoms with Gasteiger partial charge in [-0.3, -0.25) is 0 Å². The lowest BCUT2D eigenvalue weighted by molar-refractivity contribution is 0.415. The maximum absolute atomic E-state index is 6.12. The van der Waals surface area contributed by atoms with Crippen molar-refractivity contribution in [1.29, 1.82) is 0 Å². The second-order valence-electron chi connectivity index (χ2n) is 8.73. The molecule has 0 spiro atoms. The lowest BCUT2D eigenvalue weighted by atomic mass is 9.96. The zero-order valence-corrected chi connectivity index (χ0v) is 18.9. The molecule has 4 aromatic rings. The highest BCUT2D eigenvalue weighted by molar-refractivity contribution is 5.84. The Labute approximate surface area is 184 Å². The smallest absolute Gasteiger partial charge is 0.223 e. The molecular formula is C27H30N2O2. The summed E-state index contributed by atoms with van der Waals surface area (Å²) >= 11 is 0. The standard InChI is InChI=1S/C27H30N2O2/c1-17(2)14-20-6-8-21(9-7-20)18(3)26-28-29-27(31-26)19(4)22-10-11-24-16-25(30-5)13-12-23(24)15-22/h6-13,15-19H,14H2,1-5H3. The van der Waals surface area contributed by atoms with Crippen LogP contribution >= 0.6 is 0 Å². The van der Waals surface area contributed by atoms with Gasteiger partial charge in [-0.1, -0.05) is 62.4 Å². The average Bonchev–Trinajstić information content (AvgIpc) is 3.27. The van der Waals surface area contributed by atoms with E-state index in [0.717, 1.165) is 23.1 Å². The van der Waals surface area contributed by atoms with E-state index >= 15 is 0 Å². The lowest BCUT2D eigenvalue weighted by Crippen LogP contribution is -1.98. The van der Waals surface area contributed by atoms with Gasteiger partial charge in [-0.2, -0.15) is 0 Å². The first-order chi connectivity index (χ1) is 14.9. The van der Waals surface area contributed by atoms with Crippen LogP contribution in [-0.2, 0) is 6.42 Å². The molecule has 0 amide bonds. The quantitative estimate of drug-likeness (QED) is 0.336. The molecule has 31 heavy (non-hydrogen) atoms. The van der Waals surface area contributed by atoms with Crippen LogP contribution in [0.2, 0.25) is 0 Å². The van der Waals surface area contributed by atoms with Crippen molar-refractivity contribution < 1.29 is 9.15 Å². The second kappa shape index (κ2) is 8.93. The van der Waals surface area contributed by atoms with E-state index in [9.17, 15) is 0 Å². The Morgan fingerprint density at radius 3 is 1.97 bits per heavy atom. The second-order valence-corrected chi connectivity index (χ2v) is 8.73. The van der Waals surface area contributed by atoms with E-state index < -0.39 is 0 Å². The molecule has 0 fully saturated rings. The third-order valence-electron chi connectivity index (χ3n) is 5.89. The maximum atomic E-state index is 6.12. The molecule has 160 valence electrons. The normalized spacial score (nSPS) is 13.5. The molecule has 0 aliphatic carbocycles. The van der Waals surface area contributed by atoms with Crippen LogP contribution in [0.25, 0.3) is 10.8 Å². The van der Waals surface area contributed by atoms with Gasteiger partial charge >= 0.3 is 0 Å². The van der Waals surface area contributed by atoms with Gasteiger partial charge in [0.1, 0.15) is 5.75 Å². The first-order valence-corrected chi connectivity index (χ1v) is 10.9. The molecule has 0 radical (unpaired) electrons. The molecular weight excluding hydrogens is 384 g/mol. The van der Waals surface area contributed by atoms with E-state index in [4.69, 9.17) is 9.15 Å². The van der Waals surface area contributed by atoms with Gasteiger partial charge in [0.2, 0.25) is 11.8 Å². The topological polar surface area (TPSA) is 48.2 Å². The Morgan fingerprint density at radius 2 is 1.32 bits per heavy atom. The van der Waals surface area contributed by atoms with Crippen LogP contribution in [0.5, 0.6) is 5.75 Å². The van der Waals surface area contributed by atoms with Crippen molar-refractivity contribution in [2.24, 2.45) is 5.92 Å². The Bertz CT molecular complexity index is 1160. The highest BCUT2D eigenvalue weighted by Crippen LogP contribution is 2.30. The predicted molar refractivity (Wildman–Crippen MR) is 125 cm³/mol. The number of hydrogen-bond acceptors (Lipinski definition) is 4. The summed E-state index contributed by atoms with van der Waals surface area (Å²) in [6, 6.07) is 21.3. The van der Waals surface area contributed by atoms with Crippen LogP contribution in [0, 0.1) is 5.92 Å². The summed E-state index contributed by atoms with van der Waals surface area (Å²) in [6.45, 7) is 8.70. The van der Waals surface area contributed by atoms with Crippen LogP contribution in [0.1, 0.15) is 68.0 Å². The number of fused-ring (bicyclic) bond motifs is 1. The summed E-state index contributed by atoms with van der Waals surface area (Å²) in [7, 11) is 1.69. The van der Waals surface area contributed by atoms with Crippen LogP contribution < -0.4 is 4.74 Å². The Kier molecular flexibility index (Phi) is 6.08. The van der Waals surface area contributed by atoms with Crippen LogP contribution in [-0.4, -0.2) is 17.3 Å². The number of ether oxygens (including phenoxy) is 1. The maximum Gasteiger partial charge on any atom is 0.223 e. The molecule has 2 atom stereocenters. The highest BCUT2D eigenvalue weighted by atomic mass is 16.5. The first-order valence-electron chi connectivity index (χ1n) is 10.9. The van der Waals surface area contributed by atoms with Crippen LogP contribution in [0.3, 0.4) is 0 Å². The predicted octanol–water partition coefficient (Wildman–Crippen LogP) is 6.73. The number of rotatable bonds is 7. The number of hydrogen-bond donors (Lipinski definition) is 0. The SMILES string of the molecule is COc1ccc2cc(C(C)c3nnc(C(C)c4ccc(CC(C)C)cc4)o3)ccc2c1. The molecule has 4 heteroatoms. The van der Waals surface area contributed by atoms with Gasteiger partial charge in [-0.05, 0) is 65.8 Å². The molecule has 1 heterocycles. The summed E-state index contributed by atoms with van der Waals surface area (Å²) in [5.41, 5.74) is 3.70. The van der Waals surface area contributed by atoms with Gasteiger partial charge in [0.25, 0.3) is 0 Å². The molecule has 3 aromatic carbocycles. The van der Waals surface area contributed by atoms with Crippen molar-refractivity contribution in [3.05, 3.63) is 89.1 Å². The van der Waals surface area contributed by atoms with Crippen molar-refractivity contribution in [3.8, 4) is 5.75 Å². The zero-order chi connectivity index (χ0) is 22.0. The van der Waals surface area contributed by atoms with E-state index in [2.05, 4.69) is 86.4 Å². The van der Waals surface area contributed by atoms with Crippen molar-refractivity contribution in [2.45, 2.75) is 46.0 Å². The largest absolute Gasteiger partial charge is 0.497 e. The minimum atomic E-state index is 0.0216. The van der Waals surface area contributed by atoms with Gasteiger partial charge in [-0.25, -0.2) is 0 Å². The van der Waals surface area contributed by atoms with Crippen LogP contribution in [0.15, 0.2) is 65.1 Å². The van der Waals surface area contributed by atoms with Crippen molar-refractivity contribution in [3.63, 3.8) is 0 Å². The average molecular weight is 415 g/mol. The van der Waals surface area contributed by atoms with Crippen molar-refractivity contribution >= 4 is 10.8 Å². The Hall–Kier alpha value is -3.14. The van der Waals surface area contributed by atoms with Gasteiger partial charge in [-0.15, -0.1) is 10.2 Å². The van der Waals surface area contributed by atoms with Crippen molar-refractivity contribution in [1.82, 2.24) is 10.2 Å². The van der Waals surface area contributed by atoms with E-state index in [1.54, 1.807) is 7.11 Å². The molecule has 2 unspecified atom stereocenters. The Balaban J connectivity index is 1.53. The Morgan fingerprint density at radius 1 is 0.742 bits per heavy atom. The molecule has 0 aliphatic rings. The molecule has 0 saturated heterocycles. The van der Waals surface area contributed by atoms with Crippen LogP contribution in [0.4, 0.5) is 0 Å². The highest BCUT2D eigenvalue weighted by Gasteiger charge is 2.20. The summed E-state index contributed by atoms with van der Waals surface area (Å²) in [5, 5.41) is 11.0. The lowest BCUT2D eigenvalue weighted by Gasteiger charge is -2.11. The number of benzene rings is 3. The van der Waals surface area contributed by atoms with E-state index in [0.29, 0.717) is 17.7 Å². The molecule has 1 aromatic heterocycles. The first kappa shape index (κ1) is 21.1. The molecule has 0 bridgehead atoms. The van der Waals surface area contributed by atoms with Crippen molar-refractivity contribution in [2.75, 3.05) is 7.11 Å². The fraction of sp³-hybridized carbons (Fsp3) is 0.333. The molecule has 0 N–H and O–H groups in total. The zero-order valence-electron chi connectivity index (χ0n) is 18.9. The fourth-order valence-electron chi connectivity index (χ4n) is 3.93. The van der Waals surface area contributed by atoms with Gasteiger partial charge in [0.15, 0.2) is 0 Å². The summed E-state index contributed by atoms with van der Waals surface area (Å²) < 4.78 is 11.4. The minimum Gasteiger partial charge on any atom is -0.497 e. The molecule has 0 aliphatic heterocycles. The van der Waals surface area contributed by atoms with E-state index in [-0.39, 0.29) is 11.8 Å². The van der Waals surface area contributed by atoms with E-state index in [1.807, 2.05) is 12.1 Å². The summed E-state index contributed by atoms with van der Waals surface area (Å²) in [5.74, 6) is 2.90. The minimum absolute atomic E-state index is 0.0216. The van der Waals surface area contributed by atoms with Gasteiger partial charge in [0, 0.05) is 0 Å². The number of nitrogens with zero attached hydrogens (tertiary/aromatic N) is 2. The third-order valence-corrected chi connectivity index (χ3v) is 5.89. The third kappa shape index (κ3) is 4.63. The van der Waals surface area contributed by atoms with E-state index in [1.165, 1.54) is 16.5 Å². The number of aromatic nitrogens is 2. The summed E-state index contributed by atoms with van der Waals surface area (Å²) in [4.78, 5) is 0. The monoisotopic (exact) mass is 414 g/mol. The van der Waals surface area contributed by atoms with Gasteiger partial charge in [0.05, 0.1) is 18.9 Å². The number of methoxy groups -OCH3 is 1.